The maximum Gasteiger partial charge on any atom is 0.252 e. The van der Waals surface area contributed by atoms with Gasteiger partial charge in [-0.25, -0.2) is 8.42 Å². The first-order valence-electron chi connectivity index (χ1n) is 8.14. The third kappa shape index (κ3) is 3.53. The summed E-state index contributed by atoms with van der Waals surface area (Å²) in [5, 5.41) is 0. The second kappa shape index (κ2) is 7.22. The van der Waals surface area contributed by atoms with E-state index in [4.69, 9.17) is 4.42 Å². The lowest BCUT2D eigenvalue weighted by Crippen LogP contribution is -2.25. The van der Waals surface area contributed by atoms with Gasteiger partial charge in [-0.15, -0.1) is 11.3 Å². The highest BCUT2D eigenvalue weighted by Gasteiger charge is 2.24. The van der Waals surface area contributed by atoms with Crippen molar-refractivity contribution in [2.24, 2.45) is 0 Å². The Morgan fingerprint density at radius 1 is 1.27 bits per heavy atom. The normalized spacial score (nSPS) is 12.0. The molecule has 3 heterocycles. The van der Waals surface area contributed by atoms with Gasteiger partial charge in [-0.1, -0.05) is 6.92 Å². The summed E-state index contributed by atoms with van der Waals surface area (Å²) in [6.45, 7) is 3.89. The van der Waals surface area contributed by atoms with Crippen molar-refractivity contribution in [2.45, 2.75) is 31.0 Å². The van der Waals surface area contributed by atoms with Gasteiger partial charge in [0.2, 0.25) is 0 Å². The number of hydrogen-bond donors (Lipinski definition) is 1. The molecule has 0 aliphatic heterocycles. The van der Waals surface area contributed by atoms with Crippen molar-refractivity contribution >= 4 is 21.4 Å². The van der Waals surface area contributed by atoms with Gasteiger partial charge in [0.05, 0.1) is 12.8 Å². The lowest BCUT2D eigenvalue weighted by Gasteiger charge is -2.14. The standard InChI is InChI=1S/C18H20N2O4S2/c1-4-13-10-15(12(2)19-18(13)21)16-7-8-17(25-16)26(22,23)20(3)11-14-6-5-9-24-14/h5-10H,4,11H2,1-3H3,(H,19,21). The van der Waals surface area contributed by atoms with Crippen LogP contribution in [0.25, 0.3) is 10.4 Å². The SMILES string of the molecule is CCc1cc(-c2ccc(S(=O)(=O)N(C)Cc3ccco3)s2)c(C)[nH]c1=O. The van der Waals surface area contributed by atoms with Gasteiger partial charge in [0.1, 0.15) is 9.97 Å². The second-order valence-corrected chi connectivity index (χ2v) is 9.33. The maximum atomic E-state index is 12.8. The van der Waals surface area contributed by atoms with Gasteiger partial charge in [-0.2, -0.15) is 4.31 Å². The third-order valence-corrected chi connectivity index (χ3v) is 7.56. The number of aryl methyl sites for hydroxylation is 2. The molecule has 0 atom stereocenters. The number of pyridine rings is 1. The van der Waals surface area contributed by atoms with Crippen LogP contribution in [0, 0.1) is 6.92 Å². The first-order chi connectivity index (χ1) is 12.3. The molecule has 0 saturated heterocycles. The molecule has 0 radical (unpaired) electrons. The summed E-state index contributed by atoms with van der Waals surface area (Å²) in [4.78, 5) is 15.5. The van der Waals surface area contributed by atoms with Crippen molar-refractivity contribution in [1.82, 2.24) is 9.29 Å². The number of rotatable bonds is 6. The molecule has 138 valence electrons. The molecule has 1 N–H and O–H groups in total. The Hall–Kier alpha value is -2.16. The molecule has 0 amide bonds. The van der Waals surface area contributed by atoms with Crippen LogP contribution in [-0.2, 0) is 23.0 Å². The number of sulfonamides is 1. The van der Waals surface area contributed by atoms with Crippen LogP contribution in [0.5, 0.6) is 0 Å². The summed E-state index contributed by atoms with van der Waals surface area (Å²) in [5.74, 6) is 0.580. The number of aromatic amines is 1. The van der Waals surface area contributed by atoms with E-state index < -0.39 is 10.0 Å². The minimum atomic E-state index is -3.62. The molecule has 26 heavy (non-hydrogen) atoms. The summed E-state index contributed by atoms with van der Waals surface area (Å²) in [6.07, 6.45) is 2.13. The Morgan fingerprint density at radius 2 is 2.04 bits per heavy atom. The van der Waals surface area contributed by atoms with Gasteiger partial charge in [0, 0.05) is 28.7 Å². The van der Waals surface area contributed by atoms with Crippen LogP contribution < -0.4 is 5.56 Å². The average molecular weight is 393 g/mol. The fourth-order valence-corrected chi connectivity index (χ4v) is 5.38. The van der Waals surface area contributed by atoms with Crippen LogP contribution in [0.15, 0.2) is 50.0 Å². The molecule has 0 saturated carbocycles. The van der Waals surface area contributed by atoms with Crippen molar-refractivity contribution < 1.29 is 12.8 Å². The van der Waals surface area contributed by atoms with Gasteiger partial charge >= 0.3 is 0 Å². The van der Waals surface area contributed by atoms with Gasteiger partial charge < -0.3 is 9.40 Å². The highest BCUT2D eigenvalue weighted by Crippen LogP contribution is 2.33. The minimum Gasteiger partial charge on any atom is -0.468 e. The zero-order valence-electron chi connectivity index (χ0n) is 14.8. The molecule has 3 aromatic heterocycles. The maximum absolute atomic E-state index is 12.8. The van der Waals surface area contributed by atoms with Crippen molar-refractivity contribution in [1.29, 1.82) is 0 Å². The molecule has 3 aromatic rings. The Labute approximate surface area is 156 Å². The molecule has 0 fully saturated rings. The molecule has 6 nitrogen and oxygen atoms in total. The van der Waals surface area contributed by atoms with E-state index in [1.54, 1.807) is 24.3 Å². The molecule has 0 aliphatic rings. The van der Waals surface area contributed by atoms with Crippen LogP contribution in [0.4, 0.5) is 0 Å². The van der Waals surface area contributed by atoms with Crippen molar-refractivity contribution in [2.75, 3.05) is 7.05 Å². The summed E-state index contributed by atoms with van der Waals surface area (Å²) in [5.41, 5.74) is 2.15. The minimum absolute atomic E-state index is 0.101. The smallest absolute Gasteiger partial charge is 0.252 e. The Morgan fingerprint density at radius 3 is 2.69 bits per heavy atom. The van der Waals surface area contributed by atoms with Crippen molar-refractivity contribution in [3.8, 4) is 10.4 Å². The number of aromatic nitrogens is 1. The lowest BCUT2D eigenvalue weighted by atomic mass is 10.1. The van der Waals surface area contributed by atoms with E-state index in [1.165, 1.54) is 29.0 Å². The van der Waals surface area contributed by atoms with E-state index in [-0.39, 0.29) is 16.3 Å². The first kappa shape index (κ1) is 18.6. The topological polar surface area (TPSA) is 83.4 Å². The highest BCUT2D eigenvalue weighted by molar-refractivity contribution is 7.91. The van der Waals surface area contributed by atoms with Crippen LogP contribution >= 0.6 is 11.3 Å². The molecule has 0 unspecified atom stereocenters. The van der Waals surface area contributed by atoms with Gasteiger partial charge in [0.15, 0.2) is 0 Å². The summed E-state index contributed by atoms with van der Waals surface area (Å²) in [6, 6.07) is 8.68. The Balaban J connectivity index is 1.93. The molecular formula is C18H20N2O4S2. The predicted molar refractivity (Wildman–Crippen MR) is 102 cm³/mol. The van der Waals surface area contributed by atoms with Gasteiger partial charge in [0.25, 0.3) is 15.6 Å². The summed E-state index contributed by atoms with van der Waals surface area (Å²) < 4.78 is 32.3. The lowest BCUT2D eigenvalue weighted by molar-refractivity contribution is 0.407. The number of hydrogen-bond acceptors (Lipinski definition) is 5. The predicted octanol–water partition coefficient (Wildman–Crippen LogP) is 3.39. The van der Waals surface area contributed by atoms with Crippen molar-refractivity contribution in [3.63, 3.8) is 0 Å². The number of H-pyrrole nitrogens is 1. The van der Waals surface area contributed by atoms with E-state index >= 15 is 0 Å². The van der Waals surface area contributed by atoms with E-state index in [2.05, 4.69) is 4.98 Å². The molecule has 0 aromatic carbocycles. The zero-order valence-corrected chi connectivity index (χ0v) is 16.4. The van der Waals surface area contributed by atoms with E-state index in [0.29, 0.717) is 17.7 Å². The van der Waals surface area contributed by atoms with Gasteiger partial charge in [-0.3, -0.25) is 4.79 Å². The summed E-state index contributed by atoms with van der Waals surface area (Å²) >= 11 is 1.19. The number of thiophene rings is 1. The van der Waals surface area contributed by atoms with Crippen LogP contribution in [0.1, 0.15) is 23.9 Å². The number of nitrogens with zero attached hydrogens (tertiary/aromatic N) is 1. The molecule has 0 spiro atoms. The van der Waals surface area contributed by atoms with Crippen LogP contribution in [-0.4, -0.2) is 24.8 Å². The molecule has 0 bridgehead atoms. The fourth-order valence-electron chi connectivity index (χ4n) is 2.65. The van der Waals surface area contributed by atoms with Gasteiger partial charge in [-0.05, 0) is 43.7 Å². The van der Waals surface area contributed by atoms with Crippen molar-refractivity contribution in [3.05, 3.63) is 64.0 Å². The van der Waals surface area contributed by atoms with Crippen LogP contribution in [0.2, 0.25) is 0 Å². The third-order valence-electron chi connectivity index (χ3n) is 4.17. The summed E-state index contributed by atoms with van der Waals surface area (Å²) in [7, 11) is -2.09. The molecular weight excluding hydrogens is 372 g/mol. The molecule has 3 rings (SSSR count). The number of furan rings is 1. The van der Waals surface area contributed by atoms with E-state index in [0.717, 1.165) is 16.1 Å². The first-order valence-corrected chi connectivity index (χ1v) is 10.4. The Kier molecular flexibility index (Phi) is 5.17. The van der Waals surface area contributed by atoms with E-state index in [1.807, 2.05) is 19.9 Å². The average Bonchev–Trinajstić information content (AvgIpc) is 3.26. The molecule has 0 aliphatic carbocycles. The highest BCUT2D eigenvalue weighted by atomic mass is 32.2. The second-order valence-electron chi connectivity index (χ2n) is 5.98. The zero-order chi connectivity index (χ0) is 18.9. The molecule has 8 heteroatoms. The Bertz CT molecular complexity index is 1060. The van der Waals surface area contributed by atoms with Crippen LogP contribution in [0.3, 0.4) is 0 Å². The largest absolute Gasteiger partial charge is 0.468 e. The number of nitrogens with one attached hydrogen (secondary N) is 1. The van der Waals surface area contributed by atoms with E-state index in [9.17, 15) is 13.2 Å². The monoisotopic (exact) mass is 392 g/mol. The quantitative estimate of drug-likeness (QED) is 0.697. The fraction of sp³-hybridized carbons (Fsp3) is 0.278.